The molecule has 2 heterocycles. The lowest BCUT2D eigenvalue weighted by Crippen LogP contribution is -2.11. The second-order valence-corrected chi connectivity index (χ2v) is 4.85. The van der Waals surface area contributed by atoms with Gasteiger partial charge in [0.25, 0.3) is 0 Å². The highest BCUT2D eigenvalue weighted by Gasteiger charge is 2.15. The van der Waals surface area contributed by atoms with Crippen molar-refractivity contribution in [1.82, 2.24) is 9.97 Å². The van der Waals surface area contributed by atoms with Gasteiger partial charge in [0.05, 0.1) is 17.8 Å². The van der Waals surface area contributed by atoms with Gasteiger partial charge in [0.2, 0.25) is 11.8 Å². The summed E-state index contributed by atoms with van der Waals surface area (Å²) in [7, 11) is 1.59. The summed E-state index contributed by atoms with van der Waals surface area (Å²) >= 11 is 3.32. The van der Waals surface area contributed by atoms with Gasteiger partial charge in [0.1, 0.15) is 0 Å². The Morgan fingerprint density at radius 3 is 3.24 bits per heavy atom. The lowest BCUT2D eigenvalue weighted by atomic mass is 10.1. The second-order valence-electron chi connectivity index (χ2n) is 4.00. The third-order valence-corrected chi connectivity index (χ3v) is 3.31. The summed E-state index contributed by atoms with van der Waals surface area (Å²) < 4.78 is 11.2. The summed E-state index contributed by atoms with van der Waals surface area (Å²) in [4.78, 5) is 8.40. The van der Waals surface area contributed by atoms with Gasteiger partial charge in [-0.3, -0.25) is 0 Å². The number of hydrogen-bond donors (Lipinski definition) is 1. The van der Waals surface area contributed by atoms with E-state index in [2.05, 4.69) is 31.2 Å². The quantitative estimate of drug-likeness (QED) is 0.902. The first-order valence-electron chi connectivity index (χ1n) is 5.67. The SMILES string of the molecule is COc1nc(NCCC2CCOC2)ncc1Br. The van der Waals surface area contributed by atoms with Crippen molar-refractivity contribution in [1.29, 1.82) is 0 Å². The molecule has 94 valence electrons. The van der Waals surface area contributed by atoms with Gasteiger partial charge in [-0.25, -0.2) is 4.98 Å². The van der Waals surface area contributed by atoms with Crippen LogP contribution in [0.1, 0.15) is 12.8 Å². The van der Waals surface area contributed by atoms with E-state index in [1.54, 1.807) is 13.3 Å². The van der Waals surface area contributed by atoms with Crippen LogP contribution in [0.5, 0.6) is 5.88 Å². The van der Waals surface area contributed by atoms with Crippen molar-refractivity contribution in [3.05, 3.63) is 10.7 Å². The van der Waals surface area contributed by atoms with Crippen LogP contribution in [-0.2, 0) is 4.74 Å². The zero-order valence-electron chi connectivity index (χ0n) is 9.78. The highest BCUT2D eigenvalue weighted by atomic mass is 79.9. The average Bonchev–Trinajstić information content (AvgIpc) is 2.84. The van der Waals surface area contributed by atoms with Crippen LogP contribution in [0.25, 0.3) is 0 Å². The zero-order chi connectivity index (χ0) is 12.1. The molecule has 1 atom stereocenters. The molecule has 0 aliphatic carbocycles. The molecule has 17 heavy (non-hydrogen) atoms. The van der Waals surface area contributed by atoms with Gasteiger partial charge < -0.3 is 14.8 Å². The number of rotatable bonds is 5. The van der Waals surface area contributed by atoms with Crippen LogP contribution in [0.2, 0.25) is 0 Å². The first-order chi connectivity index (χ1) is 8.29. The van der Waals surface area contributed by atoms with E-state index in [9.17, 15) is 0 Å². The highest BCUT2D eigenvalue weighted by Crippen LogP contribution is 2.22. The number of ether oxygens (including phenoxy) is 2. The largest absolute Gasteiger partial charge is 0.480 e. The normalized spacial score (nSPS) is 19.3. The van der Waals surface area contributed by atoms with Crippen LogP contribution in [-0.4, -0.2) is 36.8 Å². The molecular weight excluding hydrogens is 286 g/mol. The van der Waals surface area contributed by atoms with Crippen LogP contribution in [0, 0.1) is 5.92 Å². The lowest BCUT2D eigenvalue weighted by Gasteiger charge is -2.09. The van der Waals surface area contributed by atoms with Crippen molar-refractivity contribution in [3.63, 3.8) is 0 Å². The molecule has 1 N–H and O–H groups in total. The van der Waals surface area contributed by atoms with Gasteiger partial charge in [-0.2, -0.15) is 4.98 Å². The number of halogens is 1. The molecule has 0 amide bonds. The Morgan fingerprint density at radius 1 is 1.65 bits per heavy atom. The molecule has 1 aromatic rings. The molecule has 1 unspecified atom stereocenters. The Morgan fingerprint density at radius 2 is 2.53 bits per heavy atom. The summed E-state index contributed by atoms with van der Waals surface area (Å²) in [6.45, 7) is 2.64. The first-order valence-corrected chi connectivity index (χ1v) is 6.47. The van der Waals surface area contributed by atoms with Gasteiger partial charge in [0, 0.05) is 19.8 Å². The average molecular weight is 302 g/mol. The van der Waals surface area contributed by atoms with Crippen molar-refractivity contribution in [2.24, 2.45) is 5.92 Å². The zero-order valence-corrected chi connectivity index (χ0v) is 11.4. The molecule has 1 aromatic heterocycles. The molecule has 0 radical (unpaired) electrons. The summed E-state index contributed by atoms with van der Waals surface area (Å²) in [6.07, 6.45) is 3.93. The molecule has 1 aliphatic heterocycles. The van der Waals surface area contributed by atoms with E-state index in [4.69, 9.17) is 9.47 Å². The standard InChI is InChI=1S/C11H16BrN3O2/c1-16-10-9(12)6-14-11(15-10)13-4-2-8-3-5-17-7-8/h6,8H,2-5,7H2,1H3,(H,13,14,15). The van der Waals surface area contributed by atoms with Crippen LogP contribution in [0.4, 0.5) is 5.95 Å². The molecule has 0 spiro atoms. The Kier molecular flexibility index (Phi) is 4.56. The molecule has 1 aliphatic rings. The van der Waals surface area contributed by atoms with Crippen molar-refractivity contribution < 1.29 is 9.47 Å². The van der Waals surface area contributed by atoms with Crippen LogP contribution < -0.4 is 10.1 Å². The van der Waals surface area contributed by atoms with Gasteiger partial charge in [0.15, 0.2) is 0 Å². The van der Waals surface area contributed by atoms with Crippen molar-refractivity contribution >= 4 is 21.9 Å². The van der Waals surface area contributed by atoms with E-state index < -0.39 is 0 Å². The minimum absolute atomic E-state index is 0.548. The third kappa shape index (κ3) is 3.54. The molecular formula is C11H16BrN3O2. The number of nitrogens with zero attached hydrogens (tertiary/aromatic N) is 2. The van der Waals surface area contributed by atoms with Crippen LogP contribution >= 0.6 is 15.9 Å². The minimum atomic E-state index is 0.548. The fraction of sp³-hybridized carbons (Fsp3) is 0.636. The monoisotopic (exact) mass is 301 g/mol. The third-order valence-electron chi connectivity index (χ3n) is 2.76. The number of methoxy groups -OCH3 is 1. The fourth-order valence-electron chi connectivity index (χ4n) is 1.78. The smallest absolute Gasteiger partial charge is 0.232 e. The maximum Gasteiger partial charge on any atom is 0.232 e. The molecule has 2 rings (SSSR count). The van der Waals surface area contributed by atoms with Crippen molar-refractivity contribution in [2.45, 2.75) is 12.8 Å². The number of anilines is 1. The van der Waals surface area contributed by atoms with Crippen LogP contribution in [0.15, 0.2) is 10.7 Å². The number of hydrogen-bond acceptors (Lipinski definition) is 5. The van der Waals surface area contributed by atoms with Crippen molar-refractivity contribution in [3.8, 4) is 5.88 Å². The van der Waals surface area contributed by atoms with Gasteiger partial charge in [-0.15, -0.1) is 0 Å². The van der Waals surface area contributed by atoms with Gasteiger partial charge in [-0.05, 0) is 34.7 Å². The van der Waals surface area contributed by atoms with E-state index in [1.165, 1.54) is 0 Å². The molecule has 6 heteroatoms. The van der Waals surface area contributed by atoms with Gasteiger partial charge >= 0.3 is 0 Å². The first kappa shape index (κ1) is 12.6. The Hall–Kier alpha value is -0.880. The summed E-state index contributed by atoms with van der Waals surface area (Å²) in [5.74, 6) is 1.82. The van der Waals surface area contributed by atoms with E-state index in [1.807, 2.05) is 0 Å². The second kappa shape index (κ2) is 6.16. The fourth-order valence-corrected chi connectivity index (χ4v) is 2.13. The van der Waals surface area contributed by atoms with E-state index in [0.29, 0.717) is 17.7 Å². The Labute approximate surface area is 109 Å². The number of aromatic nitrogens is 2. The summed E-state index contributed by atoms with van der Waals surface area (Å²) in [6, 6.07) is 0. The lowest BCUT2D eigenvalue weighted by molar-refractivity contribution is 0.185. The molecule has 0 saturated carbocycles. The molecule has 1 fully saturated rings. The Bertz CT molecular complexity index is 370. The topological polar surface area (TPSA) is 56.3 Å². The Balaban J connectivity index is 1.81. The maximum absolute atomic E-state index is 5.33. The van der Waals surface area contributed by atoms with E-state index in [0.717, 1.165) is 37.1 Å². The van der Waals surface area contributed by atoms with E-state index in [-0.39, 0.29) is 0 Å². The molecule has 0 aromatic carbocycles. The van der Waals surface area contributed by atoms with Crippen molar-refractivity contribution in [2.75, 3.05) is 32.2 Å². The maximum atomic E-state index is 5.33. The molecule has 0 bridgehead atoms. The summed E-state index contributed by atoms with van der Waals surface area (Å²) in [5, 5.41) is 3.19. The molecule has 1 saturated heterocycles. The highest BCUT2D eigenvalue weighted by molar-refractivity contribution is 9.10. The number of nitrogens with one attached hydrogen (secondary N) is 1. The van der Waals surface area contributed by atoms with E-state index >= 15 is 0 Å². The van der Waals surface area contributed by atoms with Crippen LogP contribution in [0.3, 0.4) is 0 Å². The predicted molar refractivity (Wildman–Crippen MR) is 68.3 cm³/mol. The van der Waals surface area contributed by atoms with Gasteiger partial charge in [-0.1, -0.05) is 0 Å². The predicted octanol–water partition coefficient (Wildman–Crippen LogP) is 2.09. The summed E-state index contributed by atoms with van der Waals surface area (Å²) in [5.41, 5.74) is 0. The minimum Gasteiger partial charge on any atom is -0.480 e. The molecule has 5 nitrogen and oxygen atoms in total.